The number of nitrogens with two attached hydrogens (primary N) is 2. The molecule has 34 heavy (non-hydrogen) atoms. The van der Waals surface area contributed by atoms with Crippen molar-refractivity contribution in [3.63, 3.8) is 0 Å². The van der Waals surface area contributed by atoms with Gasteiger partial charge in [0.05, 0.1) is 5.52 Å². The number of rotatable bonds is 5. The van der Waals surface area contributed by atoms with Gasteiger partial charge in [-0.25, -0.2) is 9.78 Å². The maximum atomic E-state index is 12.6. The van der Waals surface area contributed by atoms with Crippen LogP contribution in [-0.2, 0) is 19.5 Å². The lowest BCUT2D eigenvalue weighted by Gasteiger charge is -2.20. The Kier molecular flexibility index (Phi) is 5.16. The molecule has 2 aromatic heterocycles. The summed E-state index contributed by atoms with van der Waals surface area (Å²) in [5.41, 5.74) is 16.9. The van der Waals surface area contributed by atoms with E-state index < -0.39 is 11.4 Å². The number of hydrogen-bond acceptors (Lipinski definition) is 7. The van der Waals surface area contributed by atoms with E-state index in [0.717, 1.165) is 40.9 Å². The van der Waals surface area contributed by atoms with Gasteiger partial charge in [-0.15, -0.1) is 0 Å². The molecular weight excluding hydrogens is 432 g/mol. The highest BCUT2D eigenvalue weighted by Gasteiger charge is 2.21. The molecule has 0 bridgehead atoms. The molecule has 5 N–H and O–H groups in total. The van der Waals surface area contributed by atoms with Gasteiger partial charge in [0, 0.05) is 48.7 Å². The fraction of sp³-hybridized carbons (Fsp3) is 0.200. The van der Waals surface area contributed by atoms with Gasteiger partial charge in [0.2, 0.25) is 11.4 Å². The van der Waals surface area contributed by atoms with Gasteiger partial charge >= 0.3 is 5.97 Å². The second-order valence-electron chi connectivity index (χ2n) is 8.35. The Balaban J connectivity index is 1.50. The molecule has 0 aliphatic carbocycles. The summed E-state index contributed by atoms with van der Waals surface area (Å²) in [5.74, 6) is -0.661. The van der Waals surface area contributed by atoms with E-state index in [1.807, 2.05) is 19.1 Å². The monoisotopic (exact) mass is 456 g/mol. The minimum Gasteiger partial charge on any atom is -0.477 e. The van der Waals surface area contributed by atoms with E-state index in [-0.39, 0.29) is 11.5 Å². The third-order valence-electron chi connectivity index (χ3n) is 6.33. The molecule has 172 valence electrons. The topological polar surface area (TPSA) is 140 Å². The number of aryl methyl sites for hydroxylation is 1. The summed E-state index contributed by atoms with van der Waals surface area (Å²) in [6, 6.07) is 11.9. The van der Waals surface area contributed by atoms with Gasteiger partial charge in [-0.2, -0.15) is 4.98 Å². The van der Waals surface area contributed by atoms with Crippen LogP contribution >= 0.6 is 0 Å². The summed E-state index contributed by atoms with van der Waals surface area (Å²) in [6.45, 7) is 3.93. The highest BCUT2D eigenvalue weighted by atomic mass is 16.4. The molecule has 9 heteroatoms. The van der Waals surface area contributed by atoms with Gasteiger partial charge < -0.3 is 26.0 Å². The average molecular weight is 457 g/mol. The third kappa shape index (κ3) is 3.61. The van der Waals surface area contributed by atoms with Crippen molar-refractivity contribution in [3.8, 4) is 11.1 Å². The second-order valence-corrected chi connectivity index (χ2v) is 8.35. The fourth-order valence-corrected chi connectivity index (χ4v) is 4.56. The number of nitrogen functional groups attached to an aromatic ring is 2. The molecule has 0 saturated carbocycles. The summed E-state index contributed by atoms with van der Waals surface area (Å²) in [4.78, 5) is 34.5. The summed E-state index contributed by atoms with van der Waals surface area (Å²) in [7, 11) is 0. The Hall–Kier alpha value is -4.40. The summed E-state index contributed by atoms with van der Waals surface area (Å²) in [5, 5.41) is 9.78. The van der Waals surface area contributed by atoms with E-state index in [1.54, 1.807) is 16.8 Å². The Morgan fingerprint density at radius 1 is 1.15 bits per heavy atom. The normalized spacial score (nSPS) is 12.8. The van der Waals surface area contributed by atoms with Crippen molar-refractivity contribution in [2.24, 2.45) is 0 Å². The van der Waals surface area contributed by atoms with Gasteiger partial charge in [0.25, 0.3) is 0 Å². The molecule has 0 atom stereocenters. The van der Waals surface area contributed by atoms with Crippen molar-refractivity contribution < 1.29 is 9.90 Å². The Labute approximate surface area is 195 Å². The number of fused-ring (bicyclic) bond motifs is 2. The quantitative estimate of drug-likeness (QED) is 0.416. The Bertz CT molecular complexity index is 1510. The van der Waals surface area contributed by atoms with Crippen LogP contribution in [0.15, 0.2) is 53.6 Å². The van der Waals surface area contributed by atoms with Crippen LogP contribution in [-0.4, -0.2) is 32.2 Å². The van der Waals surface area contributed by atoms with Crippen molar-refractivity contribution in [1.82, 2.24) is 14.5 Å². The number of carboxylic acids is 1. The lowest BCUT2D eigenvalue weighted by molar-refractivity contribution is 0.0695. The number of anilines is 3. The number of hydrogen-bond donors (Lipinski definition) is 3. The number of benzene rings is 2. The van der Waals surface area contributed by atoms with Gasteiger partial charge in [0.1, 0.15) is 11.4 Å². The molecule has 0 radical (unpaired) electrons. The van der Waals surface area contributed by atoms with E-state index in [9.17, 15) is 14.7 Å². The Morgan fingerprint density at radius 3 is 2.65 bits per heavy atom. The summed E-state index contributed by atoms with van der Waals surface area (Å²) >= 11 is 0. The lowest BCUT2D eigenvalue weighted by Crippen LogP contribution is -2.21. The molecule has 0 saturated heterocycles. The van der Waals surface area contributed by atoms with Gasteiger partial charge in [-0.1, -0.05) is 12.1 Å². The number of nitrogens with zero attached hydrogens (tertiary/aromatic N) is 4. The van der Waals surface area contributed by atoms with E-state index in [2.05, 4.69) is 33.1 Å². The third-order valence-corrected chi connectivity index (χ3v) is 6.33. The second kappa shape index (κ2) is 8.18. The minimum atomic E-state index is -1.21. The van der Waals surface area contributed by atoms with Crippen molar-refractivity contribution in [2.45, 2.75) is 26.4 Å². The standard InChI is InChI=1S/C25H24N6O3/c1-2-30-13-19(24(33)34)22(32)18-5-3-15(10-21(18)30)14-4-6-20-16(9-14)7-8-31(20)12-17-11-28-25(27)29-23(17)26/h3-6,9-11,13H,2,7-8,12H2,1H3,(H,33,34)(H4,26,27,28,29). The van der Waals surface area contributed by atoms with Gasteiger partial charge in [-0.05, 0) is 54.3 Å². The van der Waals surface area contributed by atoms with Gasteiger partial charge in [0.15, 0.2) is 0 Å². The molecule has 1 aliphatic rings. The van der Waals surface area contributed by atoms with Crippen molar-refractivity contribution in [1.29, 1.82) is 0 Å². The van der Waals surface area contributed by atoms with Crippen LogP contribution in [0.4, 0.5) is 17.5 Å². The molecule has 5 rings (SSSR count). The van der Waals surface area contributed by atoms with Crippen molar-refractivity contribution in [3.05, 3.63) is 75.7 Å². The number of carboxylic acid groups (broad SMARTS) is 1. The molecule has 2 aromatic carbocycles. The maximum Gasteiger partial charge on any atom is 0.341 e. The average Bonchev–Trinajstić information content (AvgIpc) is 3.22. The van der Waals surface area contributed by atoms with Crippen LogP contribution in [0.3, 0.4) is 0 Å². The van der Waals surface area contributed by atoms with Crippen LogP contribution in [0.5, 0.6) is 0 Å². The van der Waals surface area contributed by atoms with Crippen LogP contribution in [0.2, 0.25) is 0 Å². The number of carbonyl (C=O) groups is 1. The van der Waals surface area contributed by atoms with E-state index in [4.69, 9.17) is 11.5 Å². The highest BCUT2D eigenvalue weighted by molar-refractivity contribution is 5.94. The summed E-state index contributed by atoms with van der Waals surface area (Å²) in [6.07, 6.45) is 3.99. The fourth-order valence-electron chi connectivity index (χ4n) is 4.56. The first-order chi connectivity index (χ1) is 16.4. The molecule has 9 nitrogen and oxygen atoms in total. The Morgan fingerprint density at radius 2 is 1.91 bits per heavy atom. The lowest BCUT2D eigenvalue weighted by atomic mass is 9.99. The minimum absolute atomic E-state index is 0.163. The zero-order valence-corrected chi connectivity index (χ0v) is 18.7. The molecule has 0 spiro atoms. The smallest absolute Gasteiger partial charge is 0.341 e. The first-order valence-corrected chi connectivity index (χ1v) is 11.0. The van der Waals surface area contributed by atoms with E-state index in [0.29, 0.717) is 24.3 Å². The number of aromatic carboxylic acids is 1. The van der Waals surface area contributed by atoms with E-state index >= 15 is 0 Å². The van der Waals surface area contributed by atoms with Crippen LogP contribution in [0.1, 0.15) is 28.4 Å². The maximum absolute atomic E-state index is 12.6. The molecule has 4 aromatic rings. The van der Waals surface area contributed by atoms with Crippen molar-refractivity contribution in [2.75, 3.05) is 22.9 Å². The molecule has 0 amide bonds. The molecule has 0 unspecified atom stereocenters. The van der Waals surface area contributed by atoms with E-state index in [1.165, 1.54) is 11.8 Å². The molecule has 1 aliphatic heterocycles. The number of aromatic nitrogens is 3. The number of pyridine rings is 1. The molecule has 0 fully saturated rings. The van der Waals surface area contributed by atoms with Crippen molar-refractivity contribution >= 4 is 34.3 Å². The predicted octanol–water partition coefficient (Wildman–Crippen LogP) is 2.90. The first-order valence-electron chi connectivity index (χ1n) is 11.0. The SMILES string of the molecule is CCn1cc(C(=O)O)c(=O)c2ccc(-c3ccc4c(c3)CCN4Cc3cnc(N)nc3N)cc21. The molecule has 3 heterocycles. The first kappa shape index (κ1) is 21.4. The van der Waals surface area contributed by atoms with Crippen LogP contribution in [0.25, 0.3) is 22.0 Å². The van der Waals surface area contributed by atoms with Gasteiger partial charge in [-0.3, -0.25) is 4.79 Å². The van der Waals surface area contributed by atoms with Crippen LogP contribution in [0, 0.1) is 0 Å². The largest absolute Gasteiger partial charge is 0.477 e. The highest BCUT2D eigenvalue weighted by Crippen LogP contribution is 2.34. The zero-order valence-electron chi connectivity index (χ0n) is 18.7. The summed E-state index contributed by atoms with van der Waals surface area (Å²) < 4.78 is 1.80. The predicted molar refractivity (Wildman–Crippen MR) is 132 cm³/mol. The molecular formula is C25H24N6O3. The van der Waals surface area contributed by atoms with Crippen LogP contribution < -0.4 is 21.8 Å². The zero-order chi connectivity index (χ0) is 24.0.